The van der Waals surface area contributed by atoms with Gasteiger partial charge in [-0.1, -0.05) is 41.5 Å². The molecule has 6 atom stereocenters. The van der Waals surface area contributed by atoms with Crippen LogP contribution >= 0.6 is 0 Å². The standard InChI is InChI=1S/C32H57N9O11/c1-15(2)10-20(38-26(46)18(33)13-24(42)43)29(49)40-22(14-25(44)45)30(50)39-21(11-16(3)4)28(48)37-19(8-7-9-36-32(34)35)27(47)41-23(31(51)52)12-17(5)6/h15-23H,7-14,33H2,1-6H3,(H,37,48)(H,38,46)(H,39,50)(H,40,49)(H,41,47)(H,42,43)(H,44,45)(H,51,52)(H4,34,35,36). The van der Waals surface area contributed by atoms with Crippen molar-refractivity contribution in [2.75, 3.05) is 6.54 Å². The first-order valence-corrected chi connectivity index (χ1v) is 17.0. The highest BCUT2D eigenvalue weighted by Crippen LogP contribution is 2.11. The second-order valence-electron chi connectivity index (χ2n) is 13.8. The Morgan fingerprint density at radius 3 is 1.33 bits per heavy atom. The first-order chi connectivity index (χ1) is 24.0. The third kappa shape index (κ3) is 20.0. The normalized spacial score (nSPS) is 14.6. The Hall–Kier alpha value is -5.01. The van der Waals surface area contributed by atoms with Crippen LogP contribution in [0.2, 0.25) is 0 Å². The summed E-state index contributed by atoms with van der Waals surface area (Å²) in [7, 11) is 0. The van der Waals surface area contributed by atoms with Gasteiger partial charge in [0, 0.05) is 6.54 Å². The number of nitrogens with one attached hydrogen (secondary N) is 5. The van der Waals surface area contributed by atoms with Crippen molar-refractivity contribution in [1.29, 1.82) is 0 Å². The molecule has 296 valence electrons. The molecule has 20 nitrogen and oxygen atoms in total. The molecule has 0 bridgehead atoms. The van der Waals surface area contributed by atoms with Crippen LogP contribution in [0.25, 0.3) is 0 Å². The molecule has 0 aromatic carbocycles. The van der Waals surface area contributed by atoms with E-state index >= 15 is 0 Å². The Balaban J connectivity index is 6.27. The minimum atomic E-state index is -1.74. The number of amides is 5. The summed E-state index contributed by atoms with van der Waals surface area (Å²) in [4.78, 5) is 105. The molecule has 5 amide bonds. The van der Waals surface area contributed by atoms with E-state index in [0.29, 0.717) is 0 Å². The Labute approximate surface area is 302 Å². The highest BCUT2D eigenvalue weighted by molar-refractivity contribution is 5.97. The molecule has 0 spiro atoms. The zero-order valence-electron chi connectivity index (χ0n) is 30.6. The van der Waals surface area contributed by atoms with Gasteiger partial charge in [0.15, 0.2) is 5.96 Å². The van der Waals surface area contributed by atoms with Crippen molar-refractivity contribution in [3.63, 3.8) is 0 Å². The summed E-state index contributed by atoms with van der Waals surface area (Å²) in [6, 6.07) is -8.44. The SMILES string of the molecule is CC(C)CC(NC(=O)C(CCCN=C(N)N)NC(=O)C(CC(C)C)NC(=O)C(CC(=O)O)NC(=O)C(CC(C)C)NC(=O)C(N)CC(=O)O)C(=O)O. The Morgan fingerprint density at radius 2 is 0.904 bits per heavy atom. The summed E-state index contributed by atoms with van der Waals surface area (Å²) >= 11 is 0. The van der Waals surface area contributed by atoms with Crippen molar-refractivity contribution < 1.29 is 53.7 Å². The smallest absolute Gasteiger partial charge is 0.326 e. The first-order valence-electron chi connectivity index (χ1n) is 17.0. The van der Waals surface area contributed by atoms with Gasteiger partial charge in [0.05, 0.1) is 18.9 Å². The van der Waals surface area contributed by atoms with E-state index in [2.05, 4.69) is 31.6 Å². The predicted octanol–water partition coefficient (Wildman–Crippen LogP) is -2.04. The fraction of sp³-hybridized carbons (Fsp3) is 0.719. The Morgan fingerprint density at radius 1 is 0.538 bits per heavy atom. The number of aliphatic carboxylic acids is 3. The second-order valence-corrected chi connectivity index (χ2v) is 13.8. The Kier molecular flexibility index (Phi) is 21.2. The van der Waals surface area contributed by atoms with Gasteiger partial charge in [-0.3, -0.25) is 38.6 Å². The molecule has 6 unspecified atom stereocenters. The topological polar surface area (TPSA) is 348 Å². The molecule has 0 aromatic rings. The third-order valence-electron chi connectivity index (χ3n) is 7.32. The summed E-state index contributed by atoms with van der Waals surface area (Å²) in [5.41, 5.74) is 16.4. The number of hydrogen-bond acceptors (Lipinski definition) is 10. The van der Waals surface area contributed by atoms with Gasteiger partial charge < -0.3 is 59.1 Å². The van der Waals surface area contributed by atoms with Crippen molar-refractivity contribution >= 4 is 53.4 Å². The average Bonchev–Trinajstić information content (AvgIpc) is 2.99. The molecule has 0 aliphatic heterocycles. The number of carboxylic acids is 3. The maximum absolute atomic E-state index is 13.6. The molecule has 0 radical (unpaired) electrons. The summed E-state index contributed by atoms with van der Waals surface area (Å²) < 4.78 is 0. The van der Waals surface area contributed by atoms with Crippen LogP contribution < -0.4 is 43.8 Å². The first kappa shape index (κ1) is 47.0. The highest BCUT2D eigenvalue weighted by Gasteiger charge is 2.34. The number of nitrogens with zero attached hydrogens (tertiary/aromatic N) is 1. The molecule has 0 aliphatic carbocycles. The van der Waals surface area contributed by atoms with E-state index in [0.717, 1.165) is 0 Å². The average molecular weight is 744 g/mol. The molecular weight excluding hydrogens is 686 g/mol. The van der Waals surface area contributed by atoms with Crippen molar-refractivity contribution in [1.82, 2.24) is 26.6 Å². The molecule has 0 rings (SSSR count). The van der Waals surface area contributed by atoms with Gasteiger partial charge in [-0.15, -0.1) is 0 Å². The van der Waals surface area contributed by atoms with E-state index in [4.69, 9.17) is 22.3 Å². The number of nitrogens with two attached hydrogens (primary N) is 3. The van der Waals surface area contributed by atoms with Gasteiger partial charge in [0.25, 0.3) is 0 Å². The highest BCUT2D eigenvalue weighted by atomic mass is 16.4. The lowest BCUT2D eigenvalue weighted by Gasteiger charge is -2.28. The van der Waals surface area contributed by atoms with Gasteiger partial charge in [-0.2, -0.15) is 0 Å². The van der Waals surface area contributed by atoms with Crippen LogP contribution in [0.4, 0.5) is 0 Å². The molecule has 0 saturated carbocycles. The zero-order valence-corrected chi connectivity index (χ0v) is 30.6. The molecule has 0 heterocycles. The van der Waals surface area contributed by atoms with Gasteiger partial charge in [0.2, 0.25) is 29.5 Å². The fourth-order valence-electron chi connectivity index (χ4n) is 4.90. The number of carbonyl (C=O) groups excluding carboxylic acids is 5. The van der Waals surface area contributed by atoms with Crippen molar-refractivity contribution in [2.24, 2.45) is 39.9 Å². The van der Waals surface area contributed by atoms with Gasteiger partial charge >= 0.3 is 17.9 Å². The number of carbonyl (C=O) groups is 8. The largest absolute Gasteiger partial charge is 0.481 e. The van der Waals surface area contributed by atoms with Gasteiger partial charge in [-0.25, -0.2) is 4.79 Å². The van der Waals surface area contributed by atoms with Crippen molar-refractivity contribution in [2.45, 2.75) is 123 Å². The van der Waals surface area contributed by atoms with Gasteiger partial charge in [0.1, 0.15) is 30.2 Å². The molecular formula is C32H57N9O11. The number of aliphatic imine (C=N–C) groups is 1. The molecule has 0 aliphatic rings. The molecule has 14 N–H and O–H groups in total. The lowest BCUT2D eigenvalue weighted by molar-refractivity contribution is -0.143. The number of rotatable bonds is 25. The van der Waals surface area contributed by atoms with Crippen LogP contribution in [-0.4, -0.2) is 112 Å². The van der Waals surface area contributed by atoms with E-state index in [1.807, 2.05) is 0 Å². The van der Waals surface area contributed by atoms with E-state index < -0.39 is 96.5 Å². The van der Waals surface area contributed by atoms with E-state index in [1.165, 1.54) is 0 Å². The van der Waals surface area contributed by atoms with Crippen LogP contribution in [0.1, 0.15) is 86.5 Å². The zero-order chi connectivity index (χ0) is 40.3. The maximum Gasteiger partial charge on any atom is 0.326 e. The molecule has 0 aromatic heterocycles. The molecule has 20 heteroatoms. The van der Waals surface area contributed by atoms with Crippen LogP contribution in [-0.2, 0) is 38.4 Å². The number of carboxylic acid groups (broad SMARTS) is 3. The van der Waals surface area contributed by atoms with Crippen molar-refractivity contribution in [3.05, 3.63) is 0 Å². The maximum atomic E-state index is 13.6. The molecule has 0 fully saturated rings. The fourth-order valence-corrected chi connectivity index (χ4v) is 4.90. The Bertz CT molecular complexity index is 1290. The van der Waals surface area contributed by atoms with Gasteiger partial charge in [-0.05, 0) is 49.9 Å². The van der Waals surface area contributed by atoms with E-state index in [-0.39, 0.29) is 62.4 Å². The summed E-state index contributed by atoms with van der Waals surface area (Å²) in [6.45, 7) is 10.5. The lowest BCUT2D eigenvalue weighted by atomic mass is 10.00. The van der Waals surface area contributed by atoms with E-state index in [1.54, 1.807) is 41.5 Å². The summed E-state index contributed by atoms with van der Waals surface area (Å²) in [5.74, 6) is -9.44. The summed E-state index contributed by atoms with van der Waals surface area (Å²) in [6.07, 6.45) is -1.34. The van der Waals surface area contributed by atoms with Crippen LogP contribution in [0.5, 0.6) is 0 Å². The lowest BCUT2D eigenvalue weighted by Crippen LogP contribution is -2.60. The van der Waals surface area contributed by atoms with Crippen LogP contribution in [0.15, 0.2) is 4.99 Å². The number of guanidine groups is 1. The third-order valence-corrected chi connectivity index (χ3v) is 7.32. The molecule has 0 saturated heterocycles. The van der Waals surface area contributed by atoms with Crippen LogP contribution in [0.3, 0.4) is 0 Å². The monoisotopic (exact) mass is 743 g/mol. The molecule has 52 heavy (non-hydrogen) atoms. The minimum Gasteiger partial charge on any atom is -0.481 e. The second kappa shape index (κ2) is 23.5. The van der Waals surface area contributed by atoms with Crippen molar-refractivity contribution in [3.8, 4) is 0 Å². The number of hydrogen-bond donors (Lipinski definition) is 11. The quantitative estimate of drug-likeness (QED) is 0.0273. The van der Waals surface area contributed by atoms with Crippen LogP contribution in [0, 0.1) is 17.8 Å². The summed E-state index contributed by atoms with van der Waals surface area (Å²) in [5, 5.41) is 40.2. The minimum absolute atomic E-state index is 0.00620. The van der Waals surface area contributed by atoms with E-state index in [9.17, 15) is 48.6 Å². The predicted molar refractivity (Wildman–Crippen MR) is 188 cm³/mol.